The van der Waals surface area contributed by atoms with Crippen molar-refractivity contribution in [2.45, 2.75) is 70.6 Å². The second kappa shape index (κ2) is 11.3. The molecule has 34 heavy (non-hydrogen) atoms. The zero-order valence-corrected chi connectivity index (χ0v) is 21.3. The fourth-order valence-electron chi connectivity index (χ4n) is 6.25. The van der Waals surface area contributed by atoms with Crippen molar-refractivity contribution in [1.29, 1.82) is 0 Å². The predicted octanol–water partition coefficient (Wildman–Crippen LogP) is 3.89. The molecule has 0 amide bonds. The molecule has 0 bridgehead atoms. The highest BCUT2D eigenvalue weighted by molar-refractivity contribution is 5.30. The summed E-state index contributed by atoms with van der Waals surface area (Å²) in [6.45, 7) is 14.0. The third-order valence-electron chi connectivity index (χ3n) is 8.28. The number of aromatic nitrogens is 1. The lowest BCUT2D eigenvalue weighted by Crippen LogP contribution is -2.50. The Hall–Kier alpha value is -1.79. The number of rotatable bonds is 8. The highest BCUT2D eigenvalue weighted by atomic mass is 15.3. The Kier molecular flexibility index (Phi) is 7.95. The first kappa shape index (κ1) is 23.9. The van der Waals surface area contributed by atoms with Gasteiger partial charge < -0.3 is 10.2 Å². The maximum absolute atomic E-state index is 4.90. The van der Waals surface area contributed by atoms with Crippen molar-refractivity contribution in [3.05, 3.63) is 65.0 Å². The second-order valence-electron chi connectivity index (χ2n) is 10.8. The van der Waals surface area contributed by atoms with Crippen molar-refractivity contribution < 1.29 is 0 Å². The van der Waals surface area contributed by atoms with Crippen molar-refractivity contribution in [3.8, 4) is 0 Å². The second-order valence-corrected chi connectivity index (χ2v) is 10.8. The van der Waals surface area contributed by atoms with Crippen LogP contribution in [0.25, 0.3) is 0 Å². The van der Waals surface area contributed by atoms with E-state index in [4.69, 9.17) is 4.98 Å². The van der Waals surface area contributed by atoms with E-state index in [-0.39, 0.29) is 0 Å². The van der Waals surface area contributed by atoms with E-state index < -0.39 is 0 Å². The smallest absolute Gasteiger partial charge is 0.0607 e. The molecule has 1 aliphatic carbocycles. The van der Waals surface area contributed by atoms with Crippen LogP contribution in [0, 0.1) is 0 Å². The minimum atomic E-state index is 0.460. The maximum Gasteiger partial charge on any atom is 0.0607 e. The Bertz CT molecular complexity index is 920. The molecule has 1 saturated heterocycles. The number of fused-ring (bicyclic) bond motifs is 2. The number of pyridine rings is 1. The molecule has 2 aromatic rings. The van der Waals surface area contributed by atoms with Crippen molar-refractivity contribution in [2.24, 2.45) is 0 Å². The Morgan fingerprint density at radius 2 is 1.82 bits per heavy atom. The van der Waals surface area contributed by atoms with Gasteiger partial charge in [-0.15, -0.1) is 0 Å². The van der Waals surface area contributed by atoms with Crippen molar-refractivity contribution in [2.75, 3.05) is 45.8 Å². The van der Waals surface area contributed by atoms with Crippen LogP contribution in [0.1, 0.15) is 61.5 Å². The summed E-state index contributed by atoms with van der Waals surface area (Å²) in [5.74, 6) is 0. The van der Waals surface area contributed by atoms with Gasteiger partial charge in [-0.2, -0.15) is 0 Å². The summed E-state index contributed by atoms with van der Waals surface area (Å²) >= 11 is 0. The number of nitrogens with zero attached hydrogens (tertiary/aromatic N) is 4. The molecule has 1 aromatic heterocycles. The molecule has 5 heteroatoms. The number of benzene rings is 1. The largest absolute Gasteiger partial charge is 0.308 e. The highest BCUT2D eigenvalue weighted by Gasteiger charge is 2.30. The van der Waals surface area contributed by atoms with Gasteiger partial charge in [-0.05, 0) is 75.3 Å². The lowest BCUT2D eigenvalue weighted by molar-refractivity contribution is 0.0978. The van der Waals surface area contributed by atoms with Crippen molar-refractivity contribution in [1.82, 2.24) is 25.0 Å². The minimum Gasteiger partial charge on any atom is -0.308 e. The first-order chi connectivity index (χ1) is 16.7. The molecular formula is C29H43N5. The summed E-state index contributed by atoms with van der Waals surface area (Å²) in [6, 6.07) is 15.0. The highest BCUT2D eigenvalue weighted by Crippen LogP contribution is 2.33. The topological polar surface area (TPSA) is 34.6 Å². The quantitative estimate of drug-likeness (QED) is 0.645. The van der Waals surface area contributed by atoms with Crippen LogP contribution >= 0.6 is 0 Å². The molecule has 0 saturated carbocycles. The molecule has 0 unspecified atom stereocenters. The standard InChI is InChI=1S/C29H43N5/c1-23(2)33-18-16-32(17-19-33)14-7-15-34(28-12-5-10-24-11-6-13-30-29(24)28)22-27-20-25-8-3-4-9-26(25)21-31-27/h3-4,6,8-9,11,13,23,27-28,31H,5,7,10,12,14-22H2,1-2H3/t27-,28+/m1/s1. The Labute approximate surface area is 206 Å². The Morgan fingerprint density at radius 1 is 1.03 bits per heavy atom. The van der Waals surface area contributed by atoms with Crippen LogP contribution in [-0.4, -0.2) is 77.6 Å². The van der Waals surface area contributed by atoms with Crippen LogP contribution in [0.15, 0.2) is 42.6 Å². The first-order valence-electron chi connectivity index (χ1n) is 13.6. The fourth-order valence-corrected chi connectivity index (χ4v) is 6.25. The lowest BCUT2D eigenvalue weighted by atomic mass is 9.89. The van der Waals surface area contributed by atoms with E-state index in [0.29, 0.717) is 18.1 Å². The van der Waals surface area contributed by atoms with Gasteiger partial charge in [-0.25, -0.2) is 0 Å². The molecule has 3 aliphatic rings. The van der Waals surface area contributed by atoms with Crippen LogP contribution in [0.3, 0.4) is 0 Å². The van der Waals surface area contributed by atoms with Crippen LogP contribution in [0.5, 0.6) is 0 Å². The summed E-state index contributed by atoms with van der Waals surface area (Å²) in [4.78, 5) is 13.0. The van der Waals surface area contributed by atoms with Gasteiger partial charge >= 0.3 is 0 Å². The zero-order chi connectivity index (χ0) is 23.3. The monoisotopic (exact) mass is 461 g/mol. The van der Waals surface area contributed by atoms with E-state index >= 15 is 0 Å². The van der Waals surface area contributed by atoms with E-state index in [1.165, 1.54) is 80.8 Å². The first-order valence-corrected chi connectivity index (χ1v) is 13.6. The SMILES string of the molecule is CC(C)N1CCN(CCCN(C[C@H]2Cc3ccccc3CN2)[C@H]2CCCc3cccnc32)CC1. The van der Waals surface area contributed by atoms with E-state index in [9.17, 15) is 0 Å². The van der Waals surface area contributed by atoms with E-state index in [2.05, 4.69) is 70.3 Å². The summed E-state index contributed by atoms with van der Waals surface area (Å²) in [5, 5.41) is 3.85. The minimum absolute atomic E-state index is 0.460. The van der Waals surface area contributed by atoms with Gasteiger partial charge in [-0.3, -0.25) is 14.8 Å². The van der Waals surface area contributed by atoms with Gasteiger partial charge in [0.05, 0.1) is 11.7 Å². The van der Waals surface area contributed by atoms with Gasteiger partial charge in [0.15, 0.2) is 0 Å². The molecule has 1 aromatic carbocycles. The molecule has 1 fully saturated rings. The average molecular weight is 462 g/mol. The van der Waals surface area contributed by atoms with Crippen LogP contribution in [0.2, 0.25) is 0 Å². The van der Waals surface area contributed by atoms with Crippen LogP contribution < -0.4 is 5.32 Å². The lowest BCUT2D eigenvalue weighted by Gasteiger charge is -2.40. The molecule has 2 atom stereocenters. The van der Waals surface area contributed by atoms with Crippen LogP contribution in [0.4, 0.5) is 0 Å². The molecule has 1 N–H and O–H groups in total. The van der Waals surface area contributed by atoms with Gasteiger partial charge in [0, 0.05) is 64.1 Å². The van der Waals surface area contributed by atoms with E-state index in [1.54, 1.807) is 0 Å². The molecule has 2 aliphatic heterocycles. The average Bonchev–Trinajstić information content (AvgIpc) is 2.88. The third kappa shape index (κ3) is 5.71. The number of hydrogen-bond donors (Lipinski definition) is 1. The Morgan fingerprint density at radius 3 is 2.65 bits per heavy atom. The normalized spacial score (nSPS) is 23.8. The van der Waals surface area contributed by atoms with Crippen molar-refractivity contribution >= 4 is 0 Å². The molecule has 0 spiro atoms. The molecule has 184 valence electrons. The molecule has 5 rings (SSSR count). The van der Waals surface area contributed by atoms with Crippen LogP contribution in [-0.2, 0) is 19.4 Å². The van der Waals surface area contributed by atoms with E-state index in [1.807, 2.05) is 6.20 Å². The summed E-state index contributed by atoms with van der Waals surface area (Å²) in [7, 11) is 0. The van der Waals surface area contributed by atoms with Crippen molar-refractivity contribution in [3.63, 3.8) is 0 Å². The molecular weight excluding hydrogens is 418 g/mol. The predicted molar refractivity (Wildman–Crippen MR) is 140 cm³/mol. The number of piperazine rings is 1. The Balaban J connectivity index is 1.24. The van der Waals surface area contributed by atoms with Gasteiger partial charge in [0.1, 0.15) is 0 Å². The fraction of sp³-hybridized carbons (Fsp3) is 0.621. The number of aryl methyl sites for hydroxylation is 1. The number of nitrogens with one attached hydrogen (secondary N) is 1. The molecule has 3 heterocycles. The van der Waals surface area contributed by atoms with Gasteiger partial charge in [-0.1, -0.05) is 30.3 Å². The zero-order valence-electron chi connectivity index (χ0n) is 21.3. The maximum atomic E-state index is 4.90. The molecule has 0 radical (unpaired) electrons. The summed E-state index contributed by atoms with van der Waals surface area (Å²) < 4.78 is 0. The number of hydrogen-bond acceptors (Lipinski definition) is 5. The van der Waals surface area contributed by atoms with Gasteiger partial charge in [0.25, 0.3) is 0 Å². The van der Waals surface area contributed by atoms with E-state index in [0.717, 1.165) is 26.1 Å². The summed E-state index contributed by atoms with van der Waals surface area (Å²) in [5.41, 5.74) is 5.80. The molecule has 5 nitrogen and oxygen atoms in total. The summed E-state index contributed by atoms with van der Waals surface area (Å²) in [6.07, 6.45) is 8.06. The third-order valence-corrected chi connectivity index (χ3v) is 8.28. The van der Waals surface area contributed by atoms with Gasteiger partial charge in [0.2, 0.25) is 0 Å².